The van der Waals surface area contributed by atoms with Crippen LogP contribution in [0.5, 0.6) is 0 Å². The zero-order chi connectivity index (χ0) is 33.5. The number of carbonyl (C=O) groups excluding carboxylic acids is 2. The number of rotatable bonds is 7. The van der Waals surface area contributed by atoms with Crippen LogP contribution >= 0.6 is 23.4 Å². The van der Waals surface area contributed by atoms with Crippen molar-refractivity contribution in [3.8, 4) is 6.07 Å². The molecule has 2 saturated carbocycles. The topological polar surface area (TPSA) is 101 Å². The van der Waals surface area contributed by atoms with Crippen molar-refractivity contribution in [1.29, 1.82) is 5.26 Å². The number of ether oxygens (including phenoxy) is 1. The second kappa shape index (κ2) is 14.3. The smallest absolute Gasteiger partial charge is 0.246 e. The van der Waals surface area contributed by atoms with Gasteiger partial charge in [-0.2, -0.15) is 5.26 Å². The molecule has 7 rings (SSSR count). The highest BCUT2D eigenvalue weighted by Crippen LogP contribution is 2.58. The molecular weight excluding hydrogens is 644 g/mol. The maximum atomic E-state index is 15.8. The van der Waals surface area contributed by atoms with Gasteiger partial charge in [0.25, 0.3) is 0 Å². The first-order valence-electron chi connectivity index (χ1n) is 18.2. The van der Waals surface area contributed by atoms with Crippen LogP contribution in [0.2, 0.25) is 5.02 Å². The Bertz CT molecular complexity index is 1430. The zero-order valence-corrected chi connectivity index (χ0v) is 29.9. The lowest BCUT2D eigenvalue weighted by Crippen LogP contribution is -2.82. The highest BCUT2D eigenvalue weighted by molar-refractivity contribution is 8.01. The lowest BCUT2D eigenvalue weighted by atomic mass is 9.57. The number of thioether (sulfide) groups is 1. The SMILES string of the molecule is C=CC(=O)N1CCN(C2NC(OCC3CCCN3C)NC3(C4CCCCCC4)C(=O)[C@]4(CCC23)Cc2c(Cl)cccc2S4)CC1CC#N. The minimum atomic E-state index is -0.773. The van der Waals surface area contributed by atoms with Gasteiger partial charge in [0.1, 0.15) is 0 Å². The van der Waals surface area contributed by atoms with E-state index in [-0.39, 0.29) is 36.4 Å². The number of benzene rings is 1. The second-order valence-corrected chi connectivity index (χ2v) is 16.8. The summed E-state index contributed by atoms with van der Waals surface area (Å²) in [5, 5.41) is 18.4. The van der Waals surface area contributed by atoms with Gasteiger partial charge in [0.2, 0.25) is 5.91 Å². The molecule has 2 aliphatic carbocycles. The molecule has 1 aromatic carbocycles. The third kappa shape index (κ3) is 6.16. The van der Waals surface area contributed by atoms with E-state index in [0.29, 0.717) is 44.5 Å². The number of hydrogen-bond donors (Lipinski definition) is 2. The van der Waals surface area contributed by atoms with Crippen molar-refractivity contribution in [2.75, 3.05) is 39.8 Å². The van der Waals surface area contributed by atoms with Gasteiger partial charge >= 0.3 is 0 Å². The van der Waals surface area contributed by atoms with Gasteiger partial charge < -0.3 is 14.5 Å². The van der Waals surface area contributed by atoms with E-state index in [1.807, 2.05) is 12.1 Å². The van der Waals surface area contributed by atoms with Gasteiger partial charge in [0, 0.05) is 41.5 Å². The Morgan fingerprint density at radius 1 is 1.15 bits per heavy atom. The molecule has 7 atom stereocenters. The molecule has 3 saturated heterocycles. The van der Waals surface area contributed by atoms with Crippen molar-refractivity contribution in [2.24, 2.45) is 11.8 Å². The molecule has 1 aromatic rings. The second-order valence-electron chi connectivity index (χ2n) is 15.0. The molecule has 11 heteroatoms. The predicted octanol–water partition coefficient (Wildman–Crippen LogP) is 4.94. The summed E-state index contributed by atoms with van der Waals surface area (Å²) in [6.07, 6.45) is 12.3. The number of fused-ring (bicyclic) bond motifs is 2. The average molecular weight is 695 g/mol. The molecule has 48 heavy (non-hydrogen) atoms. The number of hydrogen-bond acceptors (Lipinski definition) is 9. The first kappa shape index (κ1) is 34.5. The third-order valence-electron chi connectivity index (χ3n) is 12.5. The number of halogens is 1. The van der Waals surface area contributed by atoms with Gasteiger partial charge in [-0.15, -0.1) is 11.8 Å². The maximum Gasteiger partial charge on any atom is 0.246 e. The minimum Gasteiger partial charge on any atom is -0.348 e. The van der Waals surface area contributed by atoms with Crippen LogP contribution in [0.1, 0.15) is 76.2 Å². The molecule has 260 valence electrons. The highest BCUT2D eigenvalue weighted by Gasteiger charge is 2.66. The Morgan fingerprint density at radius 2 is 1.96 bits per heavy atom. The van der Waals surface area contributed by atoms with Gasteiger partial charge in [-0.1, -0.05) is 49.9 Å². The normalized spacial score (nSPS) is 36.4. The van der Waals surface area contributed by atoms with E-state index in [4.69, 9.17) is 16.3 Å². The van der Waals surface area contributed by atoms with Gasteiger partial charge in [-0.05, 0) is 88.2 Å². The molecular formula is C37H51ClN6O3S. The van der Waals surface area contributed by atoms with Crippen LogP contribution in [0.4, 0.5) is 0 Å². The maximum absolute atomic E-state index is 15.8. The lowest BCUT2D eigenvalue weighted by molar-refractivity contribution is -0.168. The third-order valence-corrected chi connectivity index (χ3v) is 14.3. The molecule has 0 radical (unpaired) electrons. The number of amides is 1. The number of Topliss-reactive ketones (excluding diaryl/α,β-unsaturated/α-hetero) is 1. The summed E-state index contributed by atoms with van der Waals surface area (Å²) < 4.78 is 6.22. The Kier molecular flexibility index (Phi) is 10.3. The first-order chi connectivity index (χ1) is 23.3. The molecule has 6 aliphatic rings. The summed E-state index contributed by atoms with van der Waals surface area (Å²) >= 11 is 8.52. The molecule has 9 nitrogen and oxygen atoms in total. The van der Waals surface area contributed by atoms with Crippen LogP contribution in [-0.2, 0) is 20.7 Å². The summed E-state index contributed by atoms with van der Waals surface area (Å²) in [5.74, 6) is 0.395. The van der Waals surface area contributed by atoms with E-state index in [1.54, 1.807) is 16.7 Å². The number of piperazine rings is 1. The standard InChI is InChI=1S/C37H51ClN6O3S/c1-3-32(45)44-21-20-43(23-26(44)16-18-39)33-29-15-17-36(22-28-30(38)13-8-14-31(28)48-36)34(46)37(29,25-10-6-4-5-7-11-25)41-35(40-33)47-24-27-12-9-19-42(27)2/h3,8,13-14,25-27,29,33,35,40-41H,1,4-7,9-12,15-17,19-24H2,2H3/t26?,27?,29?,33?,35?,36-,37?/m0/s1. The fraction of sp³-hybridized carbons (Fsp3) is 0.703. The van der Waals surface area contributed by atoms with E-state index in [2.05, 4.69) is 46.2 Å². The van der Waals surface area contributed by atoms with Crippen molar-refractivity contribution in [1.82, 2.24) is 25.3 Å². The largest absolute Gasteiger partial charge is 0.348 e. The number of nitriles is 1. The molecule has 1 amide bonds. The molecule has 5 fully saturated rings. The molecule has 1 spiro atoms. The van der Waals surface area contributed by atoms with Crippen molar-refractivity contribution >= 4 is 35.1 Å². The summed E-state index contributed by atoms with van der Waals surface area (Å²) in [6.45, 7) is 7.12. The van der Waals surface area contributed by atoms with Gasteiger partial charge in [-0.25, -0.2) is 0 Å². The number of carbonyl (C=O) groups is 2. The number of ketones is 1. The van der Waals surface area contributed by atoms with Crippen molar-refractivity contribution in [2.45, 2.75) is 117 Å². The molecule has 0 aromatic heterocycles. The van der Waals surface area contributed by atoms with E-state index >= 15 is 4.79 Å². The number of nitrogens with one attached hydrogen (secondary N) is 2. The Balaban J connectivity index is 1.27. The number of nitrogens with zero attached hydrogens (tertiary/aromatic N) is 4. The van der Waals surface area contributed by atoms with Gasteiger partial charge in [0.05, 0.1) is 41.6 Å². The molecule has 0 bridgehead atoms. The van der Waals surface area contributed by atoms with Gasteiger partial charge in [-0.3, -0.25) is 25.1 Å². The van der Waals surface area contributed by atoms with Crippen molar-refractivity contribution in [3.63, 3.8) is 0 Å². The van der Waals surface area contributed by atoms with E-state index < -0.39 is 16.6 Å². The quantitative estimate of drug-likeness (QED) is 0.304. The van der Waals surface area contributed by atoms with Gasteiger partial charge in [0.15, 0.2) is 12.1 Å². The Hall–Kier alpha value is -1.97. The van der Waals surface area contributed by atoms with Crippen LogP contribution in [0.15, 0.2) is 35.7 Å². The molecule has 6 unspecified atom stereocenters. The summed E-state index contributed by atoms with van der Waals surface area (Å²) in [6, 6.07) is 8.52. The van der Waals surface area contributed by atoms with Crippen LogP contribution in [-0.4, -0.2) is 101 Å². The van der Waals surface area contributed by atoms with E-state index in [9.17, 15) is 10.1 Å². The average Bonchev–Trinajstić information content (AvgIpc) is 3.57. The lowest BCUT2D eigenvalue weighted by Gasteiger charge is -2.61. The monoisotopic (exact) mass is 694 g/mol. The Morgan fingerprint density at radius 3 is 2.67 bits per heavy atom. The fourth-order valence-electron chi connectivity index (χ4n) is 10.00. The van der Waals surface area contributed by atoms with Crippen LogP contribution < -0.4 is 10.6 Å². The number of likely N-dealkylation sites (tertiary alicyclic amines) is 1. The highest BCUT2D eigenvalue weighted by atomic mass is 35.5. The Labute approximate surface area is 295 Å². The summed E-state index contributed by atoms with van der Waals surface area (Å²) in [7, 11) is 2.17. The summed E-state index contributed by atoms with van der Waals surface area (Å²) in [4.78, 5) is 36.3. The fourth-order valence-corrected chi connectivity index (χ4v) is 11.9. The summed E-state index contributed by atoms with van der Waals surface area (Å²) in [5.41, 5.74) is 0.335. The number of likely N-dealkylation sites (N-methyl/N-ethyl adjacent to an activating group) is 1. The van der Waals surface area contributed by atoms with E-state index in [0.717, 1.165) is 67.0 Å². The van der Waals surface area contributed by atoms with Crippen molar-refractivity contribution in [3.05, 3.63) is 41.4 Å². The van der Waals surface area contributed by atoms with E-state index in [1.165, 1.54) is 25.3 Å². The van der Waals surface area contributed by atoms with Crippen LogP contribution in [0.25, 0.3) is 0 Å². The van der Waals surface area contributed by atoms with Crippen LogP contribution in [0, 0.1) is 23.2 Å². The van der Waals surface area contributed by atoms with Crippen LogP contribution in [0.3, 0.4) is 0 Å². The molecule has 4 aliphatic heterocycles. The zero-order valence-electron chi connectivity index (χ0n) is 28.3. The first-order valence-corrected chi connectivity index (χ1v) is 19.4. The predicted molar refractivity (Wildman–Crippen MR) is 188 cm³/mol. The van der Waals surface area contributed by atoms with Crippen molar-refractivity contribution < 1.29 is 14.3 Å². The molecule has 4 heterocycles. The molecule has 2 N–H and O–H groups in total. The minimum absolute atomic E-state index is 0.0110.